The van der Waals surface area contributed by atoms with Crippen molar-refractivity contribution in [3.63, 3.8) is 0 Å². The highest BCUT2D eigenvalue weighted by Crippen LogP contribution is 2.25. The lowest BCUT2D eigenvalue weighted by Crippen LogP contribution is -2.20. The summed E-state index contributed by atoms with van der Waals surface area (Å²) >= 11 is 2.01. The standard InChI is InChI=1S/C12H20N4S/c1-3-10-11(13-4-2)14-8-15-12(10)16-9-5-6-17-7-9/h8-9H,3-7H2,1-2H3,(H2,13,14,15,16). The molecule has 1 aromatic rings. The minimum absolute atomic E-state index is 0.565. The van der Waals surface area contributed by atoms with Gasteiger partial charge in [0.05, 0.1) is 0 Å². The first kappa shape index (κ1) is 12.5. The molecule has 17 heavy (non-hydrogen) atoms. The van der Waals surface area contributed by atoms with Crippen LogP contribution in [0, 0.1) is 0 Å². The number of rotatable bonds is 5. The predicted molar refractivity (Wildman–Crippen MR) is 74.9 cm³/mol. The highest BCUT2D eigenvalue weighted by molar-refractivity contribution is 7.99. The van der Waals surface area contributed by atoms with Crippen molar-refractivity contribution < 1.29 is 0 Å². The Hall–Kier alpha value is -0.970. The topological polar surface area (TPSA) is 49.8 Å². The zero-order chi connectivity index (χ0) is 12.1. The van der Waals surface area contributed by atoms with Crippen molar-refractivity contribution in [1.82, 2.24) is 9.97 Å². The van der Waals surface area contributed by atoms with Gasteiger partial charge in [-0.3, -0.25) is 0 Å². The number of anilines is 2. The van der Waals surface area contributed by atoms with Crippen molar-refractivity contribution >= 4 is 23.4 Å². The molecule has 0 aliphatic carbocycles. The van der Waals surface area contributed by atoms with Crippen LogP contribution >= 0.6 is 11.8 Å². The maximum absolute atomic E-state index is 4.38. The zero-order valence-electron chi connectivity index (χ0n) is 10.5. The van der Waals surface area contributed by atoms with Gasteiger partial charge in [0.1, 0.15) is 18.0 Å². The molecule has 1 aromatic heterocycles. The predicted octanol–water partition coefficient (Wildman–Crippen LogP) is 2.39. The van der Waals surface area contributed by atoms with Crippen molar-refractivity contribution in [2.75, 3.05) is 28.7 Å². The maximum atomic E-state index is 4.38. The van der Waals surface area contributed by atoms with Gasteiger partial charge in [0.15, 0.2) is 0 Å². The highest BCUT2D eigenvalue weighted by Gasteiger charge is 2.18. The van der Waals surface area contributed by atoms with Crippen LogP contribution in [0.15, 0.2) is 6.33 Å². The molecule has 1 atom stereocenters. The van der Waals surface area contributed by atoms with E-state index < -0.39 is 0 Å². The SMILES string of the molecule is CCNc1ncnc(NC2CCSC2)c1CC. The molecule has 0 amide bonds. The first-order chi connectivity index (χ1) is 8.35. The van der Waals surface area contributed by atoms with Crippen LogP contribution in [0.25, 0.3) is 0 Å². The quantitative estimate of drug-likeness (QED) is 0.842. The highest BCUT2D eigenvalue weighted by atomic mass is 32.2. The summed E-state index contributed by atoms with van der Waals surface area (Å²) in [7, 11) is 0. The van der Waals surface area contributed by atoms with Crippen LogP contribution in [0.3, 0.4) is 0 Å². The Morgan fingerprint density at radius 1 is 1.35 bits per heavy atom. The van der Waals surface area contributed by atoms with Gasteiger partial charge in [-0.15, -0.1) is 0 Å². The Morgan fingerprint density at radius 2 is 2.18 bits per heavy atom. The Morgan fingerprint density at radius 3 is 2.82 bits per heavy atom. The number of aromatic nitrogens is 2. The summed E-state index contributed by atoms with van der Waals surface area (Å²) in [6, 6.07) is 0.565. The number of hydrogen-bond donors (Lipinski definition) is 2. The van der Waals surface area contributed by atoms with Gasteiger partial charge >= 0.3 is 0 Å². The fourth-order valence-electron chi connectivity index (χ4n) is 2.03. The molecule has 2 N–H and O–H groups in total. The molecule has 1 aliphatic rings. The van der Waals surface area contributed by atoms with Crippen LogP contribution in [0.5, 0.6) is 0 Å². The van der Waals surface area contributed by atoms with E-state index in [0.29, 0.717) is 6.04 Å². The summed E-state index contributed by atoms with van der Waals surface area (Å²) < 4.78 is 0. The van der Waals surface area contributed by atoms with E-state index in [0.717, 1.165) is 24.6 Å². The van der Waals surface area contributed by atoms with E-state index in [4.69, 9.17) is 0 Å². The second kappa shape index (κ2) is 6.10. The minimum Gasteiger partial charge on any atom is -0.370 e. The Bertz CT molecular complexity index is 364. The minimum atomic E-state index is 0.565. The van der Waals surface area contributed by atoms with Crippen molar-refractivity contribution in [3.8, 4) is 0 Å². The molecule has 94 valence electrons. The van der Waals surface area contributed by atoms with Gasteiger partial charge in [-0.2, -0.15) is 11.8 Å². The summed E-state index contributed by atoms with van der Waals surface area (Å²) in [5.41, 5.74) is 1.20. The Balaban J connectivity index is 2.16. The molecule has 0 bridgehead atoms. The molecular formula is C12H20N4S. The van der Waals surface area contributed by atoms with Crippen LogP contribution in [0.2, 0.25) is 0 Å². The summed E-state index contributed by atoms with van der Waals surface area (Å²) in [4.78, 5) is 8.69. The van der Waals surface area contributed by atoms with Gasteiger partial charge < -0.3 is 10.6 Å². The van der Waals surface area contributed by atoms with Crippen molar-refractivity contribution in [1.29, 1.82) is 0 Å². The fraction of sp³-hybridized carbons (Fsp3) is 0.667. The van der Waals surface area contributed by atoms with Gasteiger partial charge in [0, 0.05) is 23.9 Å². The molecule has 1 aliphatic heterocycles. The van der Waals surface area contributed by atoms with Crippen LogP contribution < -0.4 is 10.6 Å². The van der Waals surface area contributed by atoms with Crippen molar-refractivity contribution in [2.45, 2.75) is 32.7 Å². The molecule has 2 heterocycles. The fourth-order valence-corrected chi connectivity index (χ4v) is 3.19. The molecule has 1 fully saturated rings. The third-order valence-electron chi connectivity index (χ3n) is 2.91. The summed E-state index contributed by atoms with van der Waals surface area (Å²) in [6.07, 6.45) is 3.82. The molecule has 2 rings (SSSR count). The number of thioether (sulfide) groups is 1. The summed E-state index contributed by atoms with van der Waals surface area (Å²) in [5, 5.41) is 6.84. The van der Waals surface area contributed by atoms with E-state index in [1.165, 1.54) is 23.5 Å². The Labute approximate surface area is 107 Å². The first-order valence-electron chi connectivity index (χ1n) is 6.27. The molecule has 0 spiro atoms. The van der Waals surface area contributed by atoms with Gasteiger partial charge in [0.2, 0.25) is 0 Å². The van der Waals surface area contributed by atoms with Crippen LogP contribution in [-0.4, -0.2) is 34.1 Å². The summed E-state index contributed by atoms with van der Waals surface area (Å²) in [6.45, 7) is 5.12. The zero-order valence-corrected chi connectivity index (χ0v) is 11.3. The molecular weight excluding hydrogens is 232 g/mol. The average molecular weight is 252 g/mol. The van der Waals surface area contributed by atoms with E-state index in [9.17, 15) is 0 Å². The molecule has 0 saturated carbocycles. The smallest absolute Gasteiger partial charge is 0.134 e. The van der Waals surface area contributed by atoms with Crippen LogP contribution in [0.1, 0.15) is 25.8 Å². The molecule has 0 radical (unpaired) electrons. The number of nitrogens with one attached hydrogen (secondary N) is 2. The van der Waals surface area contributed by atoms with E-state index in [1.54, 1.807) is 6.33 Å². The molecule has 4 nitrogen and oxygen atoms in total. The van der Waals surface area contributed by atoms with Gasteiger partial charge in [-0.25, -0.2) is 9.97 Å². The first-order valence-corrected chi connectivity index (χ1v) is 7.42. The van der Waals surface area contributed by atoms with E-state index in [1.807, 2.05) is 11.8 Å². The second-order valence-corrected chi connectivity index (χ2v) is 5.29. The molecule has 1 saturated heterocycles. The normalized spacial score (nSPS) is 19.3. The maximum Gasteiger partial charge on any atom is 0.134 e. The van der Waals surface area contributed by atoms with Crippen LogP contribution in [0.4, 0.5) is 11.6 Å². The van der Waals surface area contributed by atoms with Gasteiger partial charge in [-0.1, -0.05) is 6.92 Å². The van der Waals surface area contributed by atoms with Crippen molar-refractivity contribution in [2.24, 2.45) is 0 Å². The lowest BCUT2D eigenvalue weighted by molar-refractivity contribution is 0.801. The molecule has 0 aromatic carbocycles. The number of hydrogen-bond acceptors (Lipinski definition) is 5. The van der Waals surface area contributed by atoms with Crippen LogP contribution in [-0.2, 0) is 6.42 Å². The van der Waals surface area contributed by atoms with Gasteiger partial charge in [-0.05, 0) is 25.5 Å². The number of nitrogens with zero attached hydrogens (tertiary/aromatic N) is 2. The van der Waals surface area contributed by atoms with E-state index in [-0.39, 0.29) is 0 Å². The summed E-state index contributed by atoms with van der Waals surface area (Å²) in [5.74, 6) is 4.41. The monoisotopic (exact) mass is 252 g/mol. The van der Waals surface area contributed by atoms with Gasteiger partial charge in [0.25, 0.3) is 0 Å². The largest absolute Gasteiger partial charge is 0.370 e. The second-order valence-electron chi connectivity index (χ2n) is 4.14. The molecule has 5 heteroatoms. The van der Waals surface area contributed by atoms with E-state index in [2.05, 4.69) is 34.4 Å². The lowest BCUT2D eigenvalue weighted by atomic mass is 10.2. The lowest BCUT2D eigenvalue weighted by Gasteiger charge is -2.17. The average Bonchev–Trinajstić information content (AvgIpc) is 2.83. The third-order valence-corrected chi connectivity index (χ3v) is 4.08. The molecule has 1 unspecified atom stereocenters. The van der Waals surface area contributed by atoms with Crippen molar-refractivity contribution in [3.05, 3.63) is 11.9 Å². The third kappa shape index (κ3) is 3.03. The Kier molecular flexibility index (Phi) is 4.48. The van der Waals surface area contributed by atoms with E-state index >= 15 is 0 Å².